The Morgan fingerprint density at radius 1 is 1.25 bits per heavy atom. The van der Waals surface area contributed by atoms with Crippen LogP contribution in [0.1, 0.15) is 21.1 Å². The summed E-state index contributed by atoms with van der Waals surface area (Å²) in [7, 11) is 1.90. The molecule has 0 saturated carbocycles. The number of benzene rings is 1. The molecule has 2 aromatic rings. The first kappa shape index (κ1) is 14.7. The fourth-order valence-electron chi connectivity index (χ4n) is 1.92. The van der Waals surface area contributed by atoms with Gasteiger partial charge in [-0.3, -0.25) is 4.79 Å². The topological polar surface area (TPSA) is 54.0 Å². The van der Waals surface area contributed by atoms with Gasteiger partial charge in [0.1, 0.15) is 4.88 Å². The van der Waals surface area contributed by atoms with E-state index in [1.807, 2.05) is 44.3 Å². The molecule has 0 radical (unpaired) electrons. The van der Waals surface area contributed by atoms with Crippen LogP contribution in [0.4, 0.5) is 0 Å². The first-order valence-electron chi connectivity index (χ1n) is 6.68. The number of aryl methyl sites for hydroxylation is 1. The smallest absolute Gasteiger partial charge is 0.263 e. The van der Waals surface area contributed by atoms with Gasteiger partial charge in [0.15, 0.2) is 0 Å². The zero-order valence-corrected chi connectivity index (χ0v) is 12.6. The monoisotopic (exact) mass is 289 g/mol. The highest BCUT2D eigenvalue weighted by Gasteiger charge is 2.17. The Morgan fingerprint density at radius 2 is 2.00 bits per heavy atom. The normalized spacial score (nSPS) is 10.5. The van der Waals surface area contributed by atoms with Gasteiger partial charge in [-0.25, -0.2) is 4.98 Å². The number of thiazole rings is 1. The third-order valence-corrected chi connectivity index (χ3v) is 3.85. The maximum absolute atomic E-state index is 12.3. The molecule has 2 N–H and O–H groups in total. The first-order valence-corrected chi connectivity index (χ1v) is 7.49. The number of hydrogen-bond acceptors (Lipinski definition) is 4. The van der Waals surface area contributed by atoms with Crippen molar-refractivity contribution in [3.63, 3.8) is 0 Å². The summed E-state index contributed by atoms with van der Waals surface area (Å²) < 4.78 is 0. The molecule has 0 unspecified atom stereocenters. The van der Waals surface area contributed by atoms with Crippen molar-refractivity contribution in [1.29, 1.82) is 0 Å². The lowest BCUT2D eigenvalue weighted by Crippen LogP contribution is -2.26. The zero-order chi connectivity index (χ0) is 14.4. The van der Waals surface area contributed by atoms with Crippen LogP contribution in [0.3, 0.4) is 0 Å². The van der Waals surface area contributed by atoms with E-state index in [0.29, 0.717) is 11.4 Å². The summed E-state index contributed by atoms with van der Waals surface area (Å²) in [5.74, 6) is -0.0365. The van der Waals surface area contributed by atoms with E-state index in [9.17, 15) is 4.79 Å². The minimum atomic E-state index is -0.0365. The summed E-state index contributed by atoms with van der Waals surface area (Å²) in [5, 5.41) is 6.92. The number of aromatic nitrogens is 1. The second-order valence-corrected chi connectivity index (χ2v) is 5.69. The predicted molar refractivity (Wildman–Crippen MR) is 83.2 cm³/mol. The van der Waals surface area contributed by atoms with E-state index in [1.165, 1.54) is 11.3 Å². The Labute approximate surface area is 123 Å². The SMILES string of the molecule is CNCCCNC(=O)c1sc(C)nc1-c1ccccc1. The molecule has 0 spiro atoms. The molecule has 0 fully saturated rings. The number of carbonyl (C=O) groups is 1. The Balaban J connectivity index is 2.14. The molecule has 5 heteroatoms. The second kappa shape index (κ2) is 7.17. The van der Waals surface area contributed by atoms with Crippen molar-refractivity contribution in [2.75, 3.05) is 20.1 Å². The van der Waals surface area contributed by atoms with E-state index < -0.39 is 0 Å². The van der Waals surface area contributed by atoms with Crippen LogP contribution in [0.5, 0.6) is 0 Å². The summed E-state index contributed by atoms with van der Waals surface area (Å²) in [4.78, 5) is 17.4. The van der Waals surface area contributed by atoms with E-state index in [2.05, 4.69) is 15.6 Å². The second-order valence-electron chi connectivity index (χ2n) is 4.49. The highest BCUT2D eigenvalue weighted by atomic mass is 32.1. The lowest BCUT2D eigenvalue weighted by atomic mass is 10.1. The molecule has 0 atom stereocenters. The molecular weight excluding hydrogens is 270 g/mol. The first-order chi connectivity index (χ1) is 9.72. The lowest BCUT2D eigenvalue weighted by Gasteiger charge is -2.05. The van der Waals surface area contributed by atoms with E-state index in [-0.39, 0.29) is 5.91 Å². The molecule has 1 aromatic heterocycles. The molecule has 0 aliphatic rings. The van der Waals surface area contributed by atoms with Crippen LogP contribution in [-0.2, 0) is 0 Å². The molecule has 0 aliphatic carbocycles. The largest absolute Gasteiger partial charge is 0.351 e. The molecule has 106 valence electrons. The van der Waals surface area contributed by atoms with Crippen molar-refractivity contribution in [3.05, 3.63) is 40.2 Å². The number of rotatable bonds is 6. The summed E-state index contributed by atoms with van der Waals surface area (Å²) >= 11 is 1.44. The lowest BCUT2D eigenvalue weighted by molar-refractivity contribution is 0.0958. The maximum atomic E-state index is 12.3. The van der Waals surface area contributed by atoms with E-state index >= 15 is 0 Å². The van der Waals surface area contributed by atoms with Crippen LogP contribution in [0.15, 0.2) is 30.3 Å². The third kappa shape index (κ3) is 3.65. The number of nitrogens with one attached hydrogen (secondary N) is 2. The van der Waals surface area contributed by atoms with Crippen molar-refractivity contribution >= 4 is 17.2 Å². The van der Waals surface area contributed by atoms with Gasteiger partial charge in [-0.1, -0.05) is 30.3 Å². The molecule has 1 heterocycles. The molecule has 0 bridgehead atoms. The summed E-state index contributed by atoms with van der Waals surface area (Å²) in [6, 6.07) is 9.83. The van der Waals surface area contributed by atoms with Crippen molar-refractivity contribution in [3.8, 4) is 11.3 Å². The average molecular weight is 289 g/mol. The quantitative estimate of drug-likeness (QED) is 0.803. The van der Waals surface area contributed by atoms with Gasteiger partial charge in [0, 0.05) is 12.1 Å². The van der Waals surface area contributed by atoms with Gasteiger partial charge in [-0.2, -0.15) is 0 Å². The van der Waals surface area contributed by atoms with Gasteiger partial charge in [-0.15, -0.1) is 11.3 Å². The van der Waals surface area contributed by atoms with Gasteiger partial charge in [0.25, 0.3) is 5.91 Å². The van der Waals surface area contributed by atoms with Gasteiger partial charge in [0.05, 0.1) is 10.7 Å². The fraction of sp³-hybridized carbons (Fsp3) is 0.333. The van der Waals surface area contributed by atoms with Crippen LogP contribution < -0.4 is 10.6 Å². The minimum Gasteiger partial charge on any atom is -0.351 e. The van der Waals surface area contributed by atoms with Gasteiger partial charge < -0.3 is 10.6 Å². The van der Waals surface area contributed by atoms with Crippen molar-refractivity contribution in [1.82, 2.24) is 15.6 Å². The molecule has 1 amide bonds. The van der Waals surface area contributed by atoms with Crippen LogP contribution in [0, 0.1) is 6.92 Å². The summed E-state index contributed by atoms with van der Waals surface area (Å²) in [5.41, 5.74) is 1.76. The van der Waals surface area contributed by atoms with Crippen LogP contribution in [0.25, 0.3) is 11.3 Å². The van der Waals surface area contributed by atoms with Gasteiger partial charge in [0.2, 0.25) is 0 Å². The summed E-state index contributed by atoms with van der Waals surface area (Å²) in [6.07, 6.45) is 0.917. The predicted octanol–water partition coefficient (Wildman–Crippen LogP) is 2.46. The van der Waals surface area contributed by atoms with Crippen LogP contribution >= 0.6 is 11.3 Å². The van der Waals surface area contributed by atoms with E-state index in [4.69, 9.17) is 0 Å². The Morgan fingerprint density at radius 3 is 2.70 bits per heavy atom. The van der Waals surface area contributed by atoms with Crippen LogP contribution in [-0.4, -0.2) is 31.0 Å². The number of carbonyl (C=O) groups excluding carboxylic acids is 1. The Bertz CT molecular complexity index is 566. The third-order valence-electron chi connectivity index (χ3n) is 2.88. The zero-order valence-electron chi connectivity index (χ0n) is 11.8. The minimum absolute atomic E-state index is 0.0365. The summed E-state index contributed by atoms with van der Waals surface area (Å²) in [6.45, 7) is 3.49. The van der Waals surface area contributed by atoms with Gasteiger partial charge >= 0.3 is 0 Å². The molecule has 20 heavy (non-hydrogen) atoms. The van der Waals surface area contributed by atoms with E-state index in [1.54, 1.807) is 0 Å². The molecule has 1 aromatic carbocycles. The number of hydrogen-bond donors (Lipinski definition) is 2. The Kier molecular flexibility index (Phi) is 5.26. The molecule has 0 aliphatic heterocycles. The average Bonchev–Trinajstić information content (AvgIpc) is 2.86. The van der Waals surface area contributed by atoms with Gasteiger partial charge in [-0.05, 0) is 26.9 Å². The number of nitrogens with zero attached hydrogens (tertiary/aromatic N) is 1. The molecule has 4 nitrogen and oxygen atoms in total. The Hall–Kier alpha value is -1.72. The molecular formula is C15H19N3OS. The standard InChI is InChI=1S/C15H19N3OS/c1-11-18-13(12-7-4-3-5-8-12)14(20-11)15(19)17-10-6-9-16-2/h3-5,7-8,16H,6,9-10H2,1-2H3,(H,17,19). The van der Waals surface area contributed by atoms with Crippen LogP contribution in [0.2, 0.25) is 0 Å². The van der Waals surface area contributed by atoms with E-state index in [0.717, 1.165) is 29.2 Å². The van der Waals surface area contributed by atoms with Crippen molar-refractivity contribution in [2.24, 2.45) is 0 Å². The highest BCUT2D eigenvalue weighted by Crippen LogP contribution is 2.27. The molecule has 2 rings (SSSR count). The number of amides is 1. The van der Waals surface area contributed by atoms with Crippen molar-refractivity contribution < 1.29 is 4.79 Å². The van der Waals surface area contributed by atoms with Crippen molar-refractivity contribution in [2.45, 2.75) is 13.3 Å². The fourth-order valence-corrected chi connectivity index (χ4v) is 2.78. The highest BCUT2D eigenvalue weighted by molar-refractivity contribution is 7.14. The maximum Gasteiger partial charge on any atom is 0.263 e. The molecule has 0 saturated heterocycles.